The second-order valence-corrected chi connectivity index (χ2v) is 25.1. The standard InChI is InChI=1S/2C27H48O/c1-18(2)8-6-9-19(3)22-14-15-23-21-13-12-20-10-7-11-25(28)27(20,5)24(21)16-17-26(22,23)4;1-18(2)7-6-8-19(3)23-11-12-24-22-10-9-20-17-21(28)13-15-26(20,4)25(22)14-16-27(23,24)5/h2*18-25,28H,6-17H2,1-5H3/t19-,20+,21+,22-,23+,24+,25?,26-,27+;19-,20+,21+,22+,23-,24+,25+,26+,27-/m11/s1. The molecule has 0 aliphatic heterocycles. The monoisotopic (exact) mass is 777 g/mol. The summed E-state index contributed by atoms with van der Waals surface area (Å²) >= 11 is 0. The second kappa shape index (κ2) is 17.4. The van der Waals surface area contributed by atoms with Gasteiger partial charge in [-0.05, 0) is 214 Å². The average molecular weight is 777 g/mol. The van der Waals surface area contributed by atoms with E-state index in [1.54, 1.807) is 0 Å². The maximum Gasteiger partial charge on any atom is 0.0599 e. The van der Waals surface area contributed by atoms with Crippen LogP contribution < -0.4 is 0 Å². The van der Waals surface area contributed by atoms with E-state index in [0.29, 0.717) is 16.2 Å². The van der Waals surface area contributed by atoms with E-state index >= 15 is 0 Å². The highest BCUT2D eigenvalue weighted by Crippen LogP contribution is 2.70. The molecule has 2 nitrogen and oxygen atoms in total. The minimum Gasteiger partial charge on any atom is -0.393 e. The highest BCUT2D eigenvalue weighted by atomic mass is 16.3. The van der Waals surface area contributed by atoms with Crippen LogP contribution in [0.3, 0.4) is 0 Å². The lowest BCUT2D eigenvalue weighted by Crippen LogP contribution is -2.57. The third-order valence-corrected chi connectivity index (χ3v) is 21.8. The summed E-state index contributed by atoms with van der Waals surface area (Å²) in [6.45, 7) is 25.2. The van der Waals surface area contributed by atoms with E-state index in [2.05, 4.69) is 69.2 Å². The van der Waals surface area contributed by atoms with Crippen molar-refractivity contribution < 1.29 is 10.2 Å². The first-order valence-electron chi connectivity index (χ1n) is 25.9. The maximum absolute atomic E-state index is 11.1. The normalized spacial score (nSPS) is 49.4. The van der Waals surface area contributed by atoms with Crippen molar-refractivity contribution in [3.05, 3.63) is 0 Å². The van der Waals surface area contributed by atoms with Crippen molar-refractivity contribution in [2.75, 3.05) is 0 Å². The van der Waals surface area contributed by atoms with Crippen LogP contribution in [-0.2, 0) is 0 Å². The van der Waals surface area contributed by atoms with E-state index in [9.17, 15) is 10.2 Å². The van der Waals surface area contributed by atoms with Crippen LogP contribution in [0, 0.1) is 105 Å². The minimum atomic E-state index is -0.0319. The number of hydrogen-bond acceptors (Lipinski definition) is 2. The largest absolute Gasteiger partial charge is 0.393 e. The molecule has 8 aliphatic rings. The predicted molar refractivity (Wildman–Crippen MR) is 238 cm³/mol. The molecule has 8 aliphatic carbocycles. The zero-order chi connectivity index (χ0) is 40.2. The molecule has 0 aromatic rings. The van der Waals surface area contributed by atoms with Gasteiger partial charge in [-0.3, -0.25) is 0 Å². The van der Waals surface area contributed by atoms with Gasteiger partial charge in [-0.2, -0.15) is 0 Å². The van der Waals surface area contributed by atoms with Gasteiger partial charge in [-0.1, -0.05) is 114 Å². The minimum absolute atomic E-state index is 0.00830. The van der Waals surface area contributed by atoms with E-state index in [1.165, 1.54) is 135 Å². The molecular weight excluding hydrogens is 681 g/mol. The Hall–Kier alpha value is -0.0800. The molecule has 0 heterocycles. The van der Waals surface area contributed by atoms with Crippen LogP contribution >= 0.6 is 0 Å². The molecule has 56 heavy (non-hydrogen) atoms. The SMILES string of the molecule is CC(C)CCC[C@@H](C)[C@H]1CC[C@H]2[C@@H]3CC[C@@H]4CCCC(O)[C@]4(C)[C@H]3CC[C@]12C.CC(C)CCC[C@@H](C)[C@H]1CC[C@H]2[C@@H]3CC[C@H]4C[C@@H](O)CC[C@]4(C)[C@H]3CC[C@]12C. The Morgan fingerprint density at radius 3 is 1.50 bits per heavy atom. The number of aliphatic hydroxyl groups is 2. The second-order valence-electron chi connectivity index (χ2n) is 25.1. The van der Waals surface area contributed by atoms with Crippen LogP contribution in [-0.4, -0.2) is 22.4 Å². The van der Waals surface area contributed by atoms with E-state index < -0.39 is 0 Å². The molecule has 8 fully saturated rings. The molecule has 0 aromatic carbocycles. The number of hydrogen-bond donors (Lipinski definition) is 2. The smallest absolute Gasteiger partial charge is 0.0599 e. The molecule has 0 bridgehead atoms. The molecular formula is C54H96O2. The first-order chi connectivity index (χ1) is 26.5. The Morgan fingerprint density at radius 2 is 0.946 bits per heavy atom. The lowest BCUT2D eigenvalue weighted by molar-refractivity contribution is -0.164. The van der Waals surface area contributed by atoms with Crippen molar-refractivity contribution in [1.29, 1.82) is 0 Å². The Balaban J connectivity index is 0.000000172. The lowest BCUT2D eigenvalue weighted by atomic mass is 9.44. The summed E-state index contributed by atoms with van der Waals surface area (Å²) in [5.74, 6) is 12.6. The van der Waals surface area contributed by atoms with Gasteiger partial charge >= 0.3 is 0 Å². The summed E-state index contributed by atoms with van der Waals surface area (Å²) in [4.78, 5) is 0. The van der Waals surface area contributed by atoms with Crippen LogP contribution in [0.4, 0.5) is 0 Å². The molecule has 0 saturated heterocycles. The molecule has 2 heteroatoms. The van der Waals surface area contributed by atoms with Gasteiger partial charge in [0.05, 0.1) is 12.2 Å². The zero-order valence-electron chi connectivity index (χ0n) is 39.1. The van der Waals surface area contributed by atoms with Gasteiger partial charge in [-0.25, -0.2) is 0 Å². The summed E-state index contributed by atoms with van der Waals surface area (Å²) in [6.07, 6.45) is 33.2. The van der Waals surface area contributed by atoms with Crippen LogP contribution in [0.2, 0.25) is 0 Å². The van der Waals surface area contributed by atoms with Gasteiger partial charge in [0.15, 0.2) is 0 Å². The van der Waals surface area contributed by atoms with Crippen LogP contribution in [0.25, 0.3) is 0 Å². The van der Waals surface area contributed by atoms with Crippen molar-refractivity contribution in [2.45, 2.75) is 236 Å². The summed E-state index contributed by atoms with van der Waals surface area (Å²) in [7, 11) is 0. The fourth-order valence-electron chi connectivity index (χ4n) is 18.6. The lowest BCUT2D eigenvalue weighted by Gasteiger charge is -2.62. The quantitative estimate of drug-likeness (QED) is 0.232. The average Bonchev–Trinajstić information content (AvgIpc) is 3.69. The molecule has 0 aromatic heterocycles. The fourth-order valence-corrected chi connectivity index (χ4v) is 18.6. The molecule has 1 unspecified atom stereocenters. The molecule has 18 atom stereocenters. The topological polar surface area (TPSA) is 40.5 Å². The molecule has 8 rings (SSSR count). The van der Waals surface area contributed by atoms with Gasteiger partial charge in [0.1, 0.15) is 0 Å². The molecule has 324 valence electrons. The van der Waals surface area contributed by atoms with Gasteiger partial charge < -0.3 is 10.2 Å². The van der Waals surface area contributed by atoms with Gasteiger partial charge in [0.2, 0.25) is 0 Å². The maximum atomic E-state index is 11.1. The van der Waals surface area contributed by atoms with Gasteiger partial charge in [-0.15, -0.1) is 0 Å². The van der Waals surface area contributed by atoms with Crippen molar-refractivity contribution >= 4 is 0 Å². The molecule has 8 saturated carbocycles. The number of rotatable bonds is 10. The van der Waals surface area contributed by atoms with Crippen molar-refractivity contribution in [3.63, 3.8) is 0 Å². The number of fused-ring (bicyclic) bond motifs is 10. The summed E-state index contributed by atoms with van der Waals surface area (Å²) in [5.41, 5.74) is 1.96. The first-order valence-corrected chi connectivity index (χ1v) is 25.9. The molecule has 0 spiro atoms. The third-order valence-electron chi connectivity index (χ3n) is 21.8. The third kappa shape index (κ3) is 7.94. The Morgan fingerprint density at radius 1 is 0.464 bits per heavy atom. The highest BCUT2D eigenvalue weighted by Gasteiger charge is 2.63. The van der Waals surface area contributed by atoms with E-state index in [0.717, 1.165) is 102 Å². The van der Waals surface area contributed by atoms with E-state index in [1.807, 2.05) is 0 Å². The van der Waals surface area contributed by atoms with Crippen LogP contribution in [0.5, 0.6) is 0 Å². The molecule has 2 N–H and O–H groups in total. The summed E-state index contributed by atoms with van der Waals surface area (Å²) in [5, 5.41) is 21.3. The van der Waals surface area contributed by atoms with E-state index in [4.69, 9.17) is 0 Å². The van der Waals surface area contributed by atoms with Crippen molar-refractivity contribution in [1.82, 2.24) is 0 Å². The van der Waals surface area contributed by atoms with Crippen LogP contribution in [0.15, 0.2) is 0 Å². The predicted octanol–water partition coefficient (Wildman–Crippen LogP) is 14.9. The Bertz CT molecular complexity index is 1270. The fraction of sp³-hybridized carbons (Fsp3) is 1.00. The first kappa shape index (κ1) is 44.0. The molecule has 0 radical (unpaired) electrons. The van der Waals surface area contributed by atoms with Gasteiger partial charge in [0.25, 0.3) is 0 Å². The Labute approximate surface area is 349 Å². The highest BCUT2D eigenvalue weighted by molar-refractivity contribution is 5.12. The van der Waals surface area contributed by atoms with Crippen LogP contribution in [0.1, 0.15) is 223 Å². The van der Waals surface area contributed by atoms with Crippen molar-refractivity contribution in [3.8, 4) is 0 Å². The molecule has 0 amide bonds. The van der Waals surface area contributed by atoms with Crippen molar-refractivity contribution in [2.24, 2.45) is 105 Å². The van der Waals surface area contributed by atoms with Gasteiger partial charge in [0, 0.05) is 0 Å². The summed E-state index contributed by atoms with van der Waals surface area (Å²) in [6, 6.07) is 0. The van der Waals surface area contributed by atoms with E-state index in [-0.39, 0.29) is 17.6 Å². The summed E-state index contributed by atoms with van der Waals surface area (Å²) < 4.78 is 0. The Kier molecular flexibility index (Phi) is 13.6. The zero-order valence-corrected chi connectivity index (χ0v) is 39.1. The number of aliphatic hydroxyl groups excluding tert-OH is 2.